The highest BCUT2D eigenvalue weighted by atomic mass is 28.4. The molecule has 2 amide bonds. The molecule has 10 heteroatoms. The maximum absolute atomic E-state index is 13.2. The Kier molecular flexibility index (Phi) is 6.58. The zero-order chi connectivity index (χ0) is 24.7. The van der Waals surface area contributed by atoms with E-state index < -0.39 is 20.3 Å². The number of carbonyl (C=O) groups is 2. The molecule has 2 aromatic rings. The van der Waals surface area contributed by atoms with Crippen LogP contribution in [0, 0.1) is 0 Å². The van der Waals surface area contributed by atoms with E-state index >= 15 is 0 Å². The van der Waals surface area contributed by atoms with Gasteiger partial charge in [-0.25, -0.2) is 9.59 Å². The first-order valence-corrected chi connectivity index (χ1v) is 14.5. The third-order valence-electron chi connectivity index (χ3n) is 7.14. The summed E-state index contributed by atoms with van der Waals surface area (Å²) in [5, 5.41) is 6.03. The summed E-state index contributed by atoms with van der Waals surface area (Å²) in [5.74, 6) is -0.495. The summed E-state index contributed by atoms with van der Waals surface area (Å²) in [7, 11) is -0.592. The maximum Gasteiger partial charge on any atom is 0.345 e. The van der Waals surface area contributed by atoms with Gasteiger partial charge in [0, 0.05) is 5.56 Å². The molecule has 1 fully saturated rings. The van der Waals surface area contributed by atoms with Crippen LogP contribution in [0.1, 0.15) is 49.7 Å². The lowest BCUT2D eigenvalue weighted by molar-refractivity contribution is -0.146. The van der Waals surface area contributed by atoms with E-state index in [1.807, 2.05) is 30.3 Å². The fourth-order valence-corrected chi connectivity index (χ4v) is 5.18. The van der Waals surface area contributed by atoms with Crippen molar-refractivity contribution in [1.29, 1.82) is 0 Å². The van der Waals surface area contributed by atoms with Crippen molar-refractivity contribution in [3.8, 4) is 0 Å². The number of hydrogen-bond donors (Lipinski definition) is 0. The molecule has 2 aliphatic heterocycles. The largest absolute Gasteiger partial charge is 0.467 e. The normalized spacial score (nSPS) is 20.0. The van der Waals surface area contributed by atoms with E-state index in [-0.39, 0.29) is 23.7 Å². The second kappa shape index (κ2) is 9.16. The van der Waals surface area contributed by atoms with Crippen molar-refractivity contribution >= 4 is 20.3 Å². The number of aromatic nitrogens is 2. The number of rotatable bonds is 8. The van der Waals surface area contributed by atoms with E-state index in [0.717, 1.165) is 11.1 Å². The molecular formula is C24H34N4O5Si. The summed E-state index contributed by atoms with van der Waals surface area (Å²) in [6, 6.07) is 8.09. The number of carbonyl (C=O) groups excluding carboxylic acids is 2. The Balaban J connectivity index is 1.58. The van der Waals surface area contributed by atoms with Gasteiger partial charge in [0.15, 0.2) is 14.4 Å². The standard InChI is InChI=1S/C24H34N4O5Si/c1-24(2,3)34(5,6)33-13-12-27-20-18(14-25-27)19-15-26(21(20)22(29)31-4)23(30)28(19)32-16-17-10-8-7-9-11-17/h7-11,14,19,21H,12-13,15-16H2,1-6H3/t19-,21-/m0/s1. The van der Waals surface area contributed by atoms with Gasteiger partial charge in [-0.15, -0.1) is 0 Å². The van der Waals surface area contributed by atoms with Crippen LogP contribution in [0.2, 0.25) is 18.1 Å². The zero-order valence-electron chi connectivity index (χ0n) is 20.8. The molecule has 0 radical (unpaired) electrons. The summed E-state index contributed by atoms with van der Waals surface area (Å²) in [4.78, 5) is 33.5. The fraction of sp³-hybridized carbons (Fsp3) is 0.542. The van der Waals surface area contributed by atoms with Crippen LogP contribution in [0.25, 0.3) is 0 Å². The lowest BCUT2D eigenvalue weighted by atomic mass is 9.98. The van der Waals surface area contributed by atoms with Crippen molar-refractivity contribution in [2.75, 3.05) is 20.3 Å². The predicted octanol–water partition coefficient (Wildman–Crippen LogP) is 4.04. The Hall–Kier alpha value is -2.69. The van der Waals surface area contributed by atoms with Crippen LogP contribution in [0.4, 0.5) is 4.79 Å². The molecule has 2 bridgehead atoms. The van der Waals surface area contributed by atoms with Gasteiger partial charge in [0.05, 0.1) is 38.7 Å². The monoisotopic (exact) mass is 486 g/mol. The molecule has 9 nitrogen and oxygen atoms in total. The van der Waals surface area contributed by atoms with Gasteiger partial charge in [0.2, 0.25) is 0 Å². The third kappa shape index (κ3) is 4.37. The SMILES string of the molecule is COC(=O)[C@@H]1c2c(cnn2CCO[Si](C)(C)C(C)(C)C)[C@@H]2CN1C(=O)N2OCc1ccccc1. The Morgan fingerprint density at radius 1 is 1.21 bits per heavy atom. The van der Waals surface area contributed by atoms with Crippen LogP contribution >= 0.6 is 0 Å². The Labute approximate surface area is 201 Å². The molecule has 0 spiro atoms. The smallest absolute Gasteiger partial charge is 0.345 e. The van der Waals surface area contributed by atoms with E-state index in [1.165, 1.54) is 17.1 Å². The summed E-state index contributed by atoms with van der Waals surface area (Å²) in [6.45, 7) is 12.6. The first-order chi connectivity index (χ1) is 16.0. The summed E-state index contributed by atoms with van der Waals surface area (Å²) in [6.07, 6.45) is 1.73. The minimum atomic E-state index is -1.92. The Bertz CT molecular complexity index is 1050. The van der Waals surface area contributed by atoms with E-state index in [2.05, 4.69) is 39.0 Å². The van der Waals surface area contributed by atoms with Gasteiger partial charge in [0.1, 0.15) is 12.6 Å². The first-order valence-electron chi connectivity index (χ1n) is 11.6. The Morgan fingerprint density at radius 2 is 1.91 bits per heavy atom. The summed E-state index contributed by atoms with van der Waals surface area (Å²) >= 11 is 0. The molecule has 1 saturated heterocycles. The summed E-state index contributed by atoms with van der Waals surface area (Å²) in [5.41, 5.74) is 2.42. The predicted molar refractivity (Wildman–Crippen MR) is 128 cm³/mol. The van der Waals surface area contributed by atoms with Crippen LogP contribution in [0.15, 0.2) is 36.5 Å². The van der Waals surface area contributed by atoms with Crippen LogP contribution in [-0.2, 0) is 31.9 Å². The molecule has 34 heavy (non-hydrogen) atoms. The molecule has 0 saturated carbocycles. The van der Waals surface area contributed by atoms with E-state index in [4.69, 9.17) is 14.0 Å². The van der Waals surface area contributed by atoms with Gasteiger partial charge >= 0.3 is 12.0 Å². The van der Waals surface area contributed by atoms with Crippen molar-refractivity contribution in [2.45, 2.75) is 64.1 Å². The molecule has 1 aromatic heterocycles. The molecule has 0 unspecified atom stereocenters. The van der Waals surface area contributed by atoms with Gasteiger partial charge in [0.25, 0.3) is 0 Å². The number of hydrogen-bond acceptors (Lipinski definition) is 6. The molecule has 184 valence electrons. The van der Waals surface area contributed by atoms with Gasteiger partial charge < -0.3 is 14.1 Å². The number of amides is 2. The van der Waals surface area contributed by atoms with Gasteiger partial charge in [-0.05, 0) is 23.7 Å². The van der Waals surface area contributed by atoms with Gasteiger partial charge in [-0.3, -0.25) is 9.52 Å². The van der Waals surface area contributed by atoms with Crippen LogP contribution in [-0.4, -0.2) is 60.3 Å². The number of fused-ring (bicyclic) bond motifs is 4. The number of hydroxylamine groups is 2. The van der Waals surface area contributed by atoms with E-state index in [0.29, 0.717) is 25.4 Å². The molecule has 4 rings (SSSR count). The fourth-order valence-electron chi connectivity index (χ4n) is 4.15. The average molecular weight is 487 g/mol. The molecule has 1 aromatic carbocycles. The van der Waals surface area contributed by atoms with Gasteiger partial charge in [-0.1, -0.05) is 51.1 Å². The van der Waals surface area contributed by atoms with Crippen molar-refractivity contribution in [2.24, 2.45) is 0 Å². The highest BCUT2D eigenvalue weighted by molar-refractivity contribution is 6.74. The lowest BCUT2D eigenvalue weighted by Gasteiger charge is -2.36. The minimum absolute atomic E-state index is 0.0962. The number of urea groups is 1. The lowest BCUT2D eigenvalue weighted by Crippen LogP contribution is -2.42. The quantitative estimate of drug-likeness (QED) is 0.413. The molecule has 2 aliphatic rings. The maximum atomic E-state index is 13.2. The number of nitrogens with zero attached hydrogens (tertiary/aromatic N) is 4. The number of methoxy groups -OCH3 is 1. The van der Waals surface area contributed by atoms with Crippen LogP contribution in [0.5, 0.6) is 0 Å². The average Bonchev–Trinajstić information content (AvgIpc) is 3.33. The van der Waals surface area contributed by atoms with Crippen molar-refractivity contribution in [1.82, 2.24) is 19.7 Å². The minimum Gasteiger partial charge on any atom is -0.467 e. The van der Waals surface area contributed by atoms with Crippen LogP contribution in [0.3, 0.4) is 0 Å². The molecule has 3 heterocycles. The zero-order valence-corrected chi connectivity index (χ0v) is 21.8. The summed E-state index contributed by atoms with van der Waals surface area (Å²) < 4.78 is 13.2. The highest BCUT2D eigenvalue weighted by Gasteiger charge is 2.53. The van der Waals surface area contributed by atoms with Crippen molar-refractivity contribution in [3.63, 3.8) is 0 Å². The van der Waals surface area contributed by atoms with E-state index in [1.54, 1.807) is 10.9 Å². The number of esters is 1. The molecular weight excluding hydrogens is 452 g/mol. The number of ether oxygens (including phenoxy) is 1. The van der Waals surface area contributed by atoms with E-state index in [9.17, 15) is 9.59 Å². The third-order valence-corrected chi connectivity index (χ3v) is 11.7. The topological polar surface area (TPSA) is 86.1 Å². The molecule has 0 N–H and O–H groups in total. The highest BCUT2D eigenvalue weighted by Crippen LogP contribution is 2.44. The Morgan fingerprint density at radius 3 is 2.56 bits per heavy atom. The second-order valence-electron chi connectivity index (χ2n) is 10.3. The number of benzene rings is 1. The second-order valence-corrected chi connectivity index (χ2v) is 15.1. The van der Waals surface area contributed by atoms with Crippen LogP contribution < -0.4 is 0 Å². The van der Waals surface area contributed by atoms with Gasteiger partial charge in [-0.2, -0.15) is 10.2 Å². The van der Waals surface area contributed by atoms with Crippen molar-refractivity contribution < 1.29 is 23.6 Å². The van der Waals surface area contributed by atoms with Crippen molar-refractivity contribution in [3.05, 3.63) is 53.3 Å². The molecule has 2 atom stereocenters. The first kappa shape index (κ1) is 24.4. The molecule has 0 aliphatic carbocycles.